The van der Waals surface area contributed by atoms with Gasteiger partial charge < -0.3 is 14.0 Å². The number of rotatable bonds is 6. The highest BCUT2D eigenvalue weighted by atomic mass is 32.1. The molecule has 0 atom stereocenters. The van der Waals surface area contributed by atoms with Crippen molar-refractivity contribution in [3.05, 3.63) is 70.0 Å². The molecule has 0 aliphatic heterocycles. The van der Waals surface area contributed by atoms with Gasteiger partial charge >= 0.3 is 0 Å². The molecule has 0 fully saturated rings. The van der Waals surface area contributed by atoms with E-state index < -0.39 is 0 Å². The van der Waals surface area contributed by atoms with E-state index in [0.29, 0.717) is 0 Å². The molecule has 0 unspecified atom stereocenters. The number of methoxy groups -OCH3 is 2. The van der Waals surface area contributed by atoms with Gasteiger partial charge in [-0.3, -0.25) is 0 Å². The van der Waals surface area contributed by atoms with Crippen LogP contribution in [0.4, 0.5) is 0 Å². The summed E-state index contributed by atoms with van der Waals surface area (Å²) in [5.74, 6) is 2.48. The highest BCUT2D eigenvalue weighted by Crippen LogP contribution is 2.30. The minimum Gasteiger partial charge on any atom is -0.493 e. The topological polar surface area (TPSA) is 36.3 Å². The van der Waals surface area contributed by atoms with Crippen molar-refractivity contribution in [3.8, 4) is 22.9 Å². The molecule has 0 saturated carbocycles. The van der Waals surface area contributed by atoms with E-state index in [1.807, 2.05) is 24.3 Å². The molecule has 0 bridgehead atoms. The first kappa shape index (κ1) is 18.7. The van der Waals surface area contributed by atoms with E-state index in [1.54, 1.807) is 14.2 Å². The number of ether oxygens (including phenoxy) is 2. The molecule has 144 valence electrons. The van der Waals surface area contributed by atoms with Gasteiger partial charge in [-0.25, -0.2) is 4.98 Å². The second kappa shape index (κ2) is 8.15. The lowest BCUT2D eigenvalue weighted by molar-refractivity contribution is 0.354. The van der Waals surface area contributed by atoms with Gasteiger partial charge in [-0.1, -0.05) is 48.6 Å². The number of aryl methyl sites for hydroxylation is 1. The van der Waals surface area contributed by atoms with Crippen LogP contribution in [0.15, 0.2) is 48.5 Å². The van der Waals surface area contributed by atoms with Crippen LogP contribution in [0.25, 0.3) is 11.4 Å². The van der Waals surface area contributed by atoms with Gasteiger partial charge in [-0.05, 0) is 43.4 Å². The normalized spacial score (nSPS) is 12.6. The lowest BCUT2D eigenvalue weighted by atomic mass is 10.1. The summed E-state index contributed by atoms with van der Waals surface area (Å²) >= 11 is 5.61. The van der Waals surface area contributed by atoms with Gasteiger partial charge in [0.05, 0.1) is 14.2 Å². The molecule has 4 rings (SSSR count). The first-order valence-corrected chi connectivity index (χ1v) is 10.0. The molecule has 0 radical (unpaired) electrons. The van der Waals surface area contributed by atoms with Crippen LogP contribution in [-0.4, -0.2) is 23.8 Å². The summed E-state index contributed by atoms with van der Waals surface area (Å²) < 4.78 is 13.9. The smallest absolute Gasteiger partial charge is 0.160 e. The van der Waals surface area contributed by atoms with Crippen LogP contribution in [0.3, 0.4) is 0 Å². The molecule has 1 aromatic heterocycles. The van der Waals surface area contributed by atoms with Crippen LogP contribution >= 0.6 is 12.2 Å². The van der Waals surface area contributed by atoms with Gasteiger partial charge in [-0.2, -0.15) is 0 Å². The van der Waals surface area contributed by atoms with E-state index in [4.69, 9.17) is 26.7 Å². The average Bonchev–Trinajstić information content (AvgIpc) is 3.24. The van der Waals surface area contributed by atoms with Gasteiger partial charge in [-0.15, -0.1) is 0 Å². The molecule has 1 aliphatic rings. The second-order valence-electron chi connectivity index (χ2n) is 6.98. The molecule has 0 amide bonds. The first-order valence-electron chi connectivity index (χ1n) is 9.60. The number of benzene rings is 2. The summed E-state index contributed by atoms with van der Waals surface area (Å²) in [5, 5.41) is 0. The number of aromatic nitrogens is 2. The highest BCUT2D eigenvalue weighted by Gasteiger charge is 2.20. The van der Waals surface area contributed by atoms with Crippen LogP contribution in [0.5, 0.6) is 11.5 Å². The zero-order chi connectivity index (χ0) is 19.5. The molecule has 0 N–H and O–H groups in total. The predicted molar refractivity (Wildman–Crippen MR) is 114 cm³/mol. The van der Waals surface area contributed by atoms with Gasteiger partial charge in [0.2, 0.25) is 0 Å². The zero-order valence-corrected chi connectivity index (χ0v) is 17.1. The maximum Gasteiger partial charge on any atom is 0.160 e. The number of nitrogens with zero attached hydrogens (tertiary/aromatic N) is 2. The van der Waals surface area contributed by atoms with Gasteiger partial charge in [0, 0.05) is 23.4 Å². The minimum absolute atomic E-state index is 0.752. The van der Waals surface area contributed by atoms with Crippen molar-refractivity contribution in [1.82, 2.24) is 9.55 Å². The van der Waals surface area contributed by atoms with Gasteiger partial charge in [0.25, 0.3) is 0 Å². The molecule has 2 aromatic carbocycles. The van der Waals surface area contributed by atoms with Crippen molar-refractivity contribution in [2.45, 2.75) is 32.2 Å². The largest absolute Gasteiger partial charge is 0.493 e. The summed E-state index contributed by atoms with van der Waals surface area (Å²) in [6.45, 7) is 0.852. The molecule has 1 heterocycles. The van der Waals surface area contributed by atoms with E-state index in [2.05, 4.69) is 28.8 Å². The van der Waals surface area contributed by atoms with Crippen molar-refractivity contribution in [2.24, 2.45) is 0 Å². The summed E-state index contributed by atoms with van der Waals surface area (Å²) in [6.07, 6.45) is 4.13. The van der Waals surface area contributed by atoms with Gasteiger partial charge in [0.15, 0.2) is 11.5 Å². The van der Waals surface area contributed by atoms with Crippen molar-refractivity contribution in [3.63, 3.8) is 0 Å². The Morgan fingerprint density at radius 3 is 2.54 bits per heavy atom. The Bertz CT molecular complexity index is 1040. The number of fused-ring (bicyclic) bond motifs is 1. The Balaban J connectivity index is 1.71. The van der Waals surface area contributed by atoms with E-state index in [1.165, 1.54) is 16.8 Å². The maximum atomic E-state index is 5.61. The van der Waals surface area contributed by atoms with Crippen molar-refractivity contribution < 1.29 is 9.47 Å². The summed E-state index contributed by atoms with van der Waals surface area (Å²) in [4.78, 5) is 4.82. The molecule has 0 saturated heterocycles. The fourth-order valence-electron chi connectivity index (χ4n) is 3.93. The Labute approximate surface area is 170 Å². The van der Waals surface area contributed by atoms with E-state index >= 15 is 0 Å². The van der Waals surface area contributed by atoms with Crippen LogP contribution in [0.2, 0.25) is 0 Å². The third-order valence-electron chi connectivity index (χ3n) is 5.34. The summed E-state index contributed by atoms with van der Waals surface area (Å²) in [7, 11) is 3.33. The van der Waals surface area contributed by atoms with Crippen LogP contribution in [-0.2, 0) is 25.8 Å². The monoisotopic (exact) mass is 392 g/mol. The zero-order valence-electron chi connectivity index (χ0n) is 16.3. The lowest BCUT2D eigenvalue weighted by Gasteiger charge is -2.19. The first-order chi connectivity index (χ1) is 13.7. The SMILES string of the molecule is COc1ccc(CCn2c(-c3ccccc3)nc(=S)c3c2CCC3)cc1OC. The van der Waals surface area contributed by atoms with Crippen molar-refractivity contribution in [1.29, 1.82) is 0 Å². The fraction of sp³-hybridized carbons (Fsp3) is 0.304. The maximum absolute atomic E-state index is 5.61. The Kier molecular flexibility index (Phi) is 5.44. The van der Waals surface area contributed by atoms with Crippen molar-refractivity contribution >= 4 is 12.2 Å². The third kappa shape index (κ3) is 3.54. The predicted octanol–water partition coefficient (Wildman–Crippen LogP) is 5.03. The molecule has 0 spiro atoms. The Morgan fingerprint density at radius 1 is 1.00 bits per heavy atom. The van der Waals surface area contributed by atoms with E-state index in [0.717, 1.165) is 59.8 Å². The lowest BCUT2D eigenvalue weighted by Crippen LogP contribution is -2.14. The molecule has 5 heteroatoms. The molecule has 4 nitrogen and oxygen atoms in total. The van der Waals surface area contributed by atoms with Crippen LogP contribution in [0, 0.1) is 4.64 Å². The Morgan fingerprint density at radius 2 is 1.79 bits per heavy atom. The van der Waals surface area contributed by atoms with Crippen LogP contribution in [0.1, 0.15) is 23.2 Å². The quantitative estimate of drug-likeness (QED) is 0.552. The van der Waals surface area contributed by atoms with Crippen LogP contribution < -0.4 is 9.47 Å². The number of hydrogen-bond acceptors (Lipinski definition) is 4. The Hall–Kier alpha value is -2.66. The summed E-state index contributed by atoms with van der Waals surface area (Å²) in [6, 6.07) is 16.4. The standard InChI is InChI=1S/C23H24N2O2S/c1-26-20-12-11-16(15-21(20)27-2)13-14-25-19-10-6-9-18(19)23(28)24-22(25)17-7-4-3-5-8-17/h3-5,7-8,11-12,15H,6,9-10,13-14H2,1-2H3. The average molecular weight is 393 g/mol. The molecule has 28 heavy (non-hydrogen) atoms. The van der Waals surface area contributed by atoms with E-state index in [9.17, 15) is 0 Å². The van der Waals surface area contributed by atoms with Crippen molar-refractivity contribution in [2.75, 3.05) is 14.2 Å². The molecule has 1 aliphatic carbocycles. The van der Waals surface area contributed by atoms with E-state index in [-0.39, 0.29) is 0 Å². The molecule has 3 aromatic rings. The third-order valence-corrected chi connectivity index (χ3v) is 5.68. The highest BCUT2D eigenvalue weighted by molar-refractivity contribution is 7.71. The molecular formula is C23H24N2O2S. The fourth-order valence-corrected chi connectivity index (χ4v) is 4.24. The second-order valence-corrected chi connectivity index (χ2v) is 7.36. The molecular weight excluding hydrogens is 368 g/mol. The minimum atomic E-state index is 0.752. The van der Waals surface area contributed by atoms with Gasteiger partial charge in [0.1, 0.15) is 10.5 Å². The summed E-state index contributed by atoms with van der Waals surface area (Å²) in [5.41, 5.74) is 4.91. The number of hydrogen-bond donors (Lipinski definition) is 0.